The van der Waals surface area contributed by atoms with E-state index in [1.54, 1.807) is 55.6 Å². The van der Waals surface area contributed by atoms with Gasteiger partial charge in [-0.05, 0) is 32.0 Å². The molecule has 0 N–H and O–H groups in total. The number of hydrogen-bond acceptors (Lipinski definition) is 5. The molecule has 1 amide bonds. The molecule has 144 valence electrons. The van der Waals surface area contributed by atoms with Crippen molar-refractivity contribution < 1.29 is 18.8 Å². The first kappa shape index (κ1) is 19.6. The molecule has 6 nitrogen and oxygen atoms in total. The summed E-state index contributed by atoms with van der Waals surface area (Å²) in [5.41, 5.74) is 2.04. The third-order valence-corrected chi connectivity index (χ3v) is 4.33. The Morgan fingerprint density at radius 2 is 1.89 bits per heavy atom. The SMILES string of the molecule is CC(C)Oc1ccc(N(C)C(=O)c2cc(-c3ccc(C=O)cc3)on2)cc1Cl. The molecule has 28 heavy (non-hydrogen) atoms. The number of benzene rings is 2. The van der Waals surface area contributed by atoms with Gasteiger partial charge >= 0.3 is 0 Å². The maximum atomic E-state index is 12.7. The summed E-state index contributed by atoms with van der Waals surface area (Å²) in [7, 11) is 1.63. The third kappa shape index (κ3) is 4.23. The van der Waals surface area contributed by atoms with Gasteiger partial charge in [0, 0.05) is 29.9 Å². The van der Waals surface area contributed by atoms with Crippen molar-refractivity contribution in [3.63, 3.8) is 0 Å². The average molecular weight is 399 g/mol. The Kier molecular flexibility index (Phi) is 5.80. The number of carbonyl (C=O) groups is 2. The number of halogens is 1. The van der Waals surface area contributed by atoms with Crippen LogP contribution < -0.4 is 9.64 Å². The van der Waals surface area contributed by atoms with Crippen LogP contribution in [0.5, 0.6) is 5.75 Å². The van der Waals surface area contributed by atoms with E-state index in [9.17, 15) is 9.59 Å². The van der Waals surface area contributed by atoms with Crippen LogP contribution in [-0.2, 0) is 0 Å². The number of rotatable bonds is 6. The normalized spacial score (nSPS) is 10.8. The number of carbonyl (C=O) groups excluding carboxylic acids is 2. The van der Waals surface area contributed by atoms with Gasteiger partial charge in [0.05, 0.1) is 11.1 Å². The van der Waals surface area contributed by atoms with Crippen molar-refractivity contribution in [1.82, 2.24) is 5.16 Å². The number of amides is 1. The fourth-order valence-corrected chi connectivity index (χ4v) is 2.79. The Balaban J connectivity index is 1.79. The number of anilines is 1. The van der Waals surface area contributed by atoms with Gasteiger partial charge in [-0.15, -0.1) is 0 Å². The molecule has 0 bridgehead atoms. The van der Waals surface area contributed by atoms with Crippen LogP contribution in [-0.4, -0.2) is 30.5 Å². The van der Waals surface area contributed by atoms with Crippen molar-refractivity contribution in [2.75, 3.05) is 11.9 Å². The first-order valence-electron chi connectivity index (χ1n) is 8.65. The third-order valence-electron chi connectivity index (χ3n) is 4.03. The van der Waals surface area contributed by atoms with Crippen LogP contribution >= 0.6 is 11.6 Å². The van der Waals surface area contributed by atoms with E-state index in [4.69, 9.17) is 20.9 Å². The van der Waals surface area contributed by atoms with Crippen molar-refractivity contribution in [2.45, 2.75) is 20.0 Å². The van der Waals surface area contributed by atoms with Gasteiger partial charge in [-0.3, -0.25) is 9.59 Å². The van der Waals surface area contributed by atoms with E-state index < -0.39 is 0 Å². The molecule has 2 aromatic carbocycles. The minimum atomic E-state index is -0.340. The summed E-state index contributed by atoms with van der Waals surface area (Å²) in [6, 6.07) is 13.5. The zero-order chi connectivity index (χ0) is 20.3. The summed E-state index contributed by atoms with van der Waals surface area (Å²) >= 11 is 6.26. The molecule has 0 radical (unpaired) electrons. The predicted molar refractivity (Wildman–Crippen MR) is 107 cm³/mol. The monoisotopic (exact) mass is 398 g/mol. The highest BCUT2D eigenvalue weighted by Gasteiger charge is 2.20. The molecule has 0 aliphatic rings. The molecule has 3 aromatic rings. The molecule has 1 aromatic heterocycles. The van der Waals surface area contributed by atoms with E-state index in [1.807, 2.05) is 13.8 Å². The molecule has 1 heterocycles. The second-order valence-electron chi connectivity index (χ2n) is 6.46. The molecule has 0 aliphatic heterocycles. The number of aromatic nitrogens is 1. The fourth-order valence-electron chi connectivity index (χ4n) is 2.57. The van der Waals surface area contributed by atoms with Crippen LogP contribution in [0.25, 0.3) is 11.3 Å². The largest absolute Gasteiger partial charge is 0.489 e. The lowest BCUT2D eigenvalue weighted by Crippen LogP contribution is -2.26. The Morgan fingerprint density at radius 1 is 1.18 bits per heavy atom. The molecule has 0 spiro atoms. The van der Waals surface area contributed by atoms with E-state index in [2.05, 4.69) is 5.16 Å². The second kappa shape index (κ2) is 8.27. The number of hydrogen-bond donors (Lipinski definition) is 0. The van der Waals surface area contributed by atoms with Crippen LogP contribution in [0.15, 0.2) is 53.1 Å². The Bertz CT molecular complexity index is 996. The predicted octanol–water partition coefficient (Wildman–Crippen LogP) is 4.87. The lowest BCUT2D eigenvalue weighted by Gasteiger charge is -2.18. The highest BCUT2D eigenvalue weighted by molar-refractivity contribution is 6.32. The molecular weight excluding hydrogens is 380 g/mol. The second-order valence-corrected chi connectivity index (χ2v) is 6.87. The summed E-state index contributed by atoms with van der Waals surface area (Å²) in [4.78, 5) is 24.9. The Labute approximate surface area is 167 Å². The smallest absolute Gasteiger partial charge is 0.280 e. The first-order chi connectivity index (χ1) is 13.4. The van der Waals surface area contributed by atoms with Gasteiger partial charge in [0.2, 0.25) is 0 Å². The Hall–Kier alpha value is -3.12. The van der Waals surface area contributed by atoms with Gasteiger partial charge in [-0.1, -0.05) is 41.0 Å². The highest BCUT2D eigenvalue weighted by atomic mass is 35.5. The minimum Gasteiger partial charge on any atom is -0.489 e. The van der Waals surface area contributed by atoms with Crippen LogP contribution in [0.3, 0.4) is 0 Å². The zero-order valence-corrected chi connectivity index (χ0v) is 16.4. The van der Waals surface area contributed by atoms with Crippen molar-refractivity contribution in [3.05, 3.63) is 64.8 Å². The maximum absolute atomic E-state index is 12.7. The Morgan fingerprint density at radius 3 is 2.50 bits per heavy atom. The molecule has 7 heteroatoms. The van der Waals surface area contributed by atoms with Gasteiger partial charge in [0.15, 0.2) is 11.5 Å². The van der Waals surface area contributed by atoms with Crippen molar-refractivity contribution in [1.29, 1.82) is 0 Å². The van der Waals surface area contributed by atoms with E-state index in [1.165, 1.54) is 4.90 Å². The fraction of sp³-hybridized carbons (Fsp3) is 0.190. The number of aldehydes is 1. The van der Waals surface area contributed by atoms with E-state index in [0.29, 0.717) is 27.8 Å². The van der Waals surface area contributed by atoms with Crippen molar-refractivity contribution >= 4 is 29.5 Å². The zero-order valence-electron chi connectivity index (χ0n) is 15.7. The van der Waals surface area contributed by atoms with E-state index >= 15 is 0 Å². The molecule has 3 rings (SSSR count). The topological polar surface area (TPSA) is 72.6 Å². The highest BCUT2D eigenvalue weighted by Crippen LogP contribution is 2.30. The quantitative estimate of drug-likeness (QED) is 0.554. The first-order valence-corrected chi connectivity index (χ1v) is 9.03. The van der Waals surface area contributed by atoms with Gasteiger partial charge in [-0.25, -0.2) is 0 Å². The molecule has 0 unspecified atom stereocenters. The maximum Gasteiger partial charge on any atom is 0.280 e. The summed E-state index contributed by atoms with van der Waals surface area (Å²) in [6.07, 6.45) is 0.758. The molecule has 0 atom stereocenters. The minimum absolute atomic E-state index is 0.00291. The van der Waals surface area contributed by atoms with Crippen LogP contribution in [0.4, 0.5) is 5.69 Å². The lowest BCUT2D eigenvalue weighted by atomic mass is 10.1. The van der Waals surface area contributed by atoms with Gasteiger partial charge < -0.3 is 14.2 Å². The average Bonchev–Trinajstić information content (AvgIpc) is 3.18. The summed E-state index contributed by atoms with van der Waals surface area (Å²) in [6.45, 7) is 3.82. The van der Waals surface area contributed by atoms with Crippen LogP contribution in [0.2, 0.25) is 5.02 Å². The van der Waals surface area contributed by atoms with Crippen molar-refractivity contribution in [2.24, 2.45) is 0 Å². The van der Waals surface area contributed by atoms with E-state index in [-0.39, 0.29) is 17.7 Å². The molecular formula is C21H19ClN2O4. The molecule has 0 saturated heterocycles. The van der Waals surface area contributed by atoms with Gasteiger partial charge in [0.25, 0.3) is 5.91 Å². The van der Waals surface area contributed by atoms with Crippen LogP contribution in [0.1, 0.15) is 34.7 Å². The summed E-state index contributed by atoms with van der Waals surface area (Å²) in [5, 5.41) is 4.29. The molecule has 0 aliphatic carbocycles. The summed E-state index contributed by atoms with van der Waals surface area (Å²) < 4.78 is 10.9. The number of ether oxygens (including phenoxy) is 1. The van der Waals surface area contributed by atoms with Crippen LogP contribution in [0, 0.1) is 0 Å². The molecule has 0 fully saturated rings. The lowest BCUT2D eigenvalue weighted by molar-refractivity contribution is 0.0984. The van der Waals surface area contributed by atoms with Crippen molar-refractivity contribution in [3.8, 4) is 17.1 Å². The van der Waals surface area contributed by atoms with Gasteiger partial charge in [0.1, 0.15) is 12.0 Å². The van der Waals surface area contributed by atoms with E-state index in [0.717, 1.165) is 11.8 Å². The van der Waals surface area contributed by atoms with Gasteiger partial charge in [-0.2, -0.15) is 0 Å². The standard InChI is InChI=1S/C21H19ClN2O4/c1-13(2)27-19-9-8-16(10-17(19)22)24(3)21(26)18-11-20(28-23-18)15-6-4-14(12-25)5-7-15/h4-13H,1-3H3. The summed E-state index contributed by atoms with van der Waals surface area (Å²) in [5.74, 6) is 0.657. The molecule has 0 saturated carbocycles. The number of nitrogens with zero attached hydrogens (tertiary/aromatic N) is 2.